The summed E-state index contributed by atoms with van der Waals surface area (Å²) in [7, 11) is 0. The Morgan fingerprint density at radius 3 is 2.94 bits per heavy atom. The molecule has 1 heterocycles. The van der Waals surface area contributed by atoms with Gasteiger partial charge < -0.3 is 15.6 Å². The molecule has 3 N–H and O–H groups in total. The van der Waals surface area contributed by atoms with Crippen LogP contribution in [0.15, 0.2) is 29.0 Å². The van der Waals surface area contributed by atoms with Gasteiger partial charge in [0.25, 0.3) is 0 Å². The summed E-state index contributed by atoms with van der Waals surface area (Å²) in [6.45, 7) is 2.71. The number of hydrogen-bond acceptors (Lipinski definition) is 5. The number of thiocarbonyl (C=S) groups is 1. The van der Waals surface area contributed by atoms with Crippen LogP contribution in [-0.4, -0.2) is 21.7 Å². The molecular formula is C12H14N4OS. The lowest BCUT2D eigenvalue weighted by molar-refractivity contribution is 0.380. The molecule has 2 rings (SSSR count). The highest BCUT2D eigenvalue weighted by molar-refractivity contribution is 7.80. The summed E-state index contributed by atoms with van der Waals surface area (Å²) < 4.78 is 4.91. The van der Waals surface area contributed by atoms with Gasteiger partial charge in [0.1, 0.15) is 4.99 Å². The van der Waals surface area contributed by atoms with Crippen molar-refractivity contribution in [1.82, 2.24) is 10.1 Å². The topological polar surface area (TPSA) is 77.0 Å². The van der Waals surface area contributed by atoms with E-state index < -0.39 is 0 Å². The molecule has 0 atom stereocenters. The highest BCUT2D eigenvalue weighted by atomic mass is 32.1. The van der Waals surface area contributed by atoms with Crippen LogP contribution in [0.2, 0.25) is 0 Å². The van der Waals surface area contributed by atoms with Gasteiger partial charge in [-0.15, -0.1) is 0 Å². The molecule has 18 heavy (non-hydrogen) atoms. The van der Waals surface area contributed by atoms with Gasteiger partial charge in [0.15, 0.2) is 6.33 Å². The number of aryl methyl sites for hydroxylation is 1. The minimum atomic E-state index is 0.421. The minimum absolute atomic E-state index is 0.421. The molecule has 0 aliphatic rings. The fraction of sp³-hybridized carbons (Fsp3) is 0.250. The summed E-state index contributed by atoms with van der Waals surface area (Å²) in [4.78, 5) is 4.37. The number of anilines is 1. The lowest BCUT2D eigenvalue weighted by atomic mass is 10.1. The van der Waals surface area contributed by atoms with E-state index in [4.69, 9.17) is 22.5 Å². The molecule has 0 unspecified atom stereocenters. The molecule has 0 fully saturated rings. The molecule has 0 aliphatic heterocycles. The zero-order chi connectivity index (χ0) is 13.0. The van der Waals surface area contributed by atoms with Crippen LogP contribution in [-0.2, 0) is 6.42 Å². The standard InChI is InChI=1S/C12H14N4OS/c1-8-6-9(2-3-10(8)12(13)18)14-5-4-11-15-7-16-17-11/h2-3,6-7,14H,4-5H2,1H3,(H2,13,18). The van der Waals surface area contributed by atoms with Gasteiger partial charge in [0, 0.05) is 24.2 Å². The number of benzene rings is 1. The SMILES string of the molecule is Cc1cc(NCCc2ncno2)ccc1C(N)=S. The molecule has 6 heteroatoms. The minimum Gasteiger partial charge on any atom is -0.389 e. The van der Waals surface area contributed by atoms with Gasteiger partial charge in [-0.3, -0.25) is 0 Å². The first kappa shape index (κ1) is 12.5. The Hall–Kier alpha value is -1.95. The van der Waals surface area contributed by atoms with E-state index in [0.29, 0.717) is 17.3 Å². The second kappa shape index (κ2) is 5.59. The molecule has 5 nitrogen and oxygen atoms in total. The number of nitrogens with zero attached hydrogens (tertiary/aromatic N) is 2. The van der Waals surface area contributed by atoms with Crippen molar-refractivity contribution in [2.24, 2.45) is 5.73 Å². The summed E-state index contributed by atoms with van der Waals surface area (Å²) in [5, 5.41) is 6.83. The van der Waals surface area contributed by atoms with Crippen molar-refractivity contribution in [2.45, 2.75) is 13.3 Å². The van der Waals surface area contributed by atoms with Crippen molar-refractivity contribution in [3.05, 3.63) is 41.5 Å². The van der Waals surface area contributed by atoms with Crippen LogP contribution < -0.4 is 11.1 Å². The van der Waals surface area contributed by atoms with Crippen LogP contribution in [0.3, 0.4) is 0 Å². The summed E-state index contributed by atoms with van der Waals surface area (Å²) in [6.07, 6.45) is 2.09. The van der Waals surface area contributed by atoms with E-state index >= 15 is 0 Å². The van der Waals surface area contributed by atoms with Crippen LogP contribution >= 0.6 is 12.2 Å². The molecule has 2 aromatic rings. The molecular weight excluding hydrogens is 248 g/mol. The maximum Gasteiger partial charge on any atom is 0.228 e. The molecule has 0 saturated carbocycles. The van der Waals surface area contributed by atoms with Gasteiger partial charge in [0.2, 0.25) is 5.89 Å². The maximum absolute atomic E-state index is 5.61. The van der Waals surface area contributed by atoms with E-state index in [-0.39, 0.29) is 0 Å². The van der Waals surface area contributed by atoms with Crippen LogP contribution in [0, 0.1) is 6.92 Å². The normalized spacial score (nSPS) is 10.3. The second-order valence-corrected chi connectivity index (χ2v) is 4.35. The van der Waals surface area contributed by atoms with E-state index in [0.717, 1.165) is 23.4 Å². The van der Waals surface area contributed by atoms with Crippen LogP contribution in [0.5, 0.6) is 0 Å². The third-order valence-electron chi connectivity index (χ3n) is 2.57. The largest absolute Gasteiger partial charge is 0.389 e. The van der Waals surface area contributed by atoms with E-state index in [1.54, 1.807) is 0 Å². The lowest BCUT2D eigenvalue weighted by Crippen LogP contribution is -2.12. The number of nitrogens with two attached hydrogens (primary N) is 1. The van der Waals surface area contributed by atoms with Crippen molar-refractivity contribution in [2.75, 3.05) is 11.9 Å². The number of rotatable bonds is 5. The highest BCUT2D eigenvalue weighted by Gasteiger charge is 2.03. The third-order valence-corrected chi connectivity index (χ3v) is 2.79. The number of aromatic nitrogens is 2. The van der Waals surface area contributed by atoms with Crippen molar-refractivity contribution >= 4 is 22.9 Å². The summed E-state index contributed by atoms with van der Waals surface area (Å²) in [5.41, 5.74) is 8.60. The molecule has 0 spiro atoms. The predicted molar refractivity (Wildman–Crippen MR) is 73.6 cm³/mol. The van der Waals surface area contributed by atoms with Gasteiger partial charge in [-0.25, -0.2) is 0 Å². The first-order valence-corrected chi connectivity index (χ1v) is 5.97. The molecule has 0 saturated heterocycles. The monoisotopic (exact) mass is 262 g/mol. The Morgan fingerprint density at radius 2 is 2.33 bits per heavy atom. The number of nitrogens with one attached hydrogen (secondary N) is 1. The molecule has 0 bridgehead atoms. The van der Waals surface area contributed by atoms with Crippen molar-refractivity contribution in [1.29, 1.82) is 0 Å². The van der Waals surface area contributed by atoms with Gasteiger partial charge in [0.05, 0.1) is 0 Å². The Labute approximate surface area is 110 Å². The predicted octanol–water partition coefficient (Wildman–Crippen LogP) is 1.67. The molecule has 0 radical (unpaired) electrons. The highest BCUT2D eigenvalue weighted by Crippen LogP contribution is 2.15. The van der Waals surface area contributed by atoms with E-state index in [1.807, 2.05) is 25.1 Å². The molecule has 1 aromatic heterocycles. The fourth-order valence-corrected chi connectivity index (χ4v) is 1.90. The Bertz CT molecular complexity index is 539. The molecule has 94 valence electrons. The quantitative estimate of drug-likeness (QED) is 0.798. The van der Waals surface area contributed by atoms with E-state index in [2.05, 4.69) is 15.5 Å². The molecule has 0 amide bonds. The second-order valence-electron chi connectivity index (χ2n) is 3.91. The first-order chi connectivity index (χ1) is 8.66. The maximum atomic E-state index is 5.61. The first-order valence-electron chi connectivity index (χ1n) is 5.56. The Balaban J connectivity index is 1.94. The van der Waals surface area contributed by atoms with Gasteiger partial charge in [-0.2, -0.15) is 4.98 Å². The van der Waals surface area contributed by atoms with Crippen LogP contribution in [0.25, 0.3) is 0 Å². The van der Waals surface area contributed by atoms with Gasteiger partial charge in [-0.1, -0.05) is 17.4 Å². The smallest absolute Gasteiger partial charge is 0.228 e. The van der Waals surface area contributed by atoms with Crippen LogP contribution in [0.1, 0.15) is 17.0 Å². The van der Waals surface area contributed by atoms with E-state index in [9.17, 15) is 0 Å². The Morgan fingerprint density at radius 1 is 1.50 bits per heavy atom. The molecule has 0 aliphatic carbocycles. The van der Waals surface area contributed by atoms with Gasteiger partial charge in [-0.05, 0) is 30.7 Å². The number of hydrogen-bond donors (Lipinski definition) is 2. The summed E-state index contributed by atoms with van der Waals surface area (Å²) in [5.74, 6) is 0.624. The van der Waals surface area contributed by atoms with Crippen molar-refractivity contribution in [3.63, 3.8) is 0 Å². The summed E-state index contributed by atoms with van der Waals surface area (Å²) in [6, 6.07) is 5.89. The van der Waals surface area contributed by atoms with Gasteiger partial charge >= 0.3 is 0 Å². The van der Waals surface area contributed by atoms with Crippen molar-refractivity contribution in [3.8, 4) is 0 Å². The molecule has 1 aromatic carbocycles. The Kier molecular flexibility index (Phi) is 3.88. The lowest BCUT2D eigenvalue weighted by Gasteiger charge is -2.08. The van der Waals surface area contributed by atoms with Crippen molar-refractivity contribution < 1.29 is 4.52 Å². The van der Waals surface area contributed by atoms with E-state index in [1.165, 1.54) is 6.33 Å². The zero-order valence-corrected chi connectivity index (χ0v) is 10.8. The van der Waals surface area contributed by atoms with Crippen LogP contribution in [0.4, 0.5) is 5.69 Å². The fourth-order valence-electron chi connectivity index (χ4n) is 1.67. The third kappa shape index (κ3) is 3.04. The summed E-state index contributed by atoms with van der Waals surface area (Å²) >= 11 is 4.96. The average molecular weight is 262 g/mol. The average Bonchev–Trinajstić information content (AvgIpc) is 2.81. The zero-order valence-electron chi connectivity index (χ0n) is 10.0.